The Morgan fingerprint density at radius 1 is 1.21 bits per heavy atom. The average molecular weight is 389 g/mol. The Kier molecular flexibility index (Phi) is 5.27. The van der Waals surface area contributed by atoms with E-state index in [-0.39, 0.29) is 11.9 Å². The number of allylic oxidation sites excluding steroid dienone is 1. The molecule has 0 unspecified atom stereocenters. The van der Waals surface area contributed by atoms with Gasteiger partial charge in [0.25, 0.3) is 0 Å². The van der Waals surface area contributed by atoms with Crippen molar-refractivity contribution in [3.8, 4) is 5.75 Å². The molecule has 0 heterocycles. The van der Waals surface area contributed by atoms with Crippen molar-refractivity contribution < 1.29 is 9.53 Å². The largest absolute Gasteiger partial charge is 0.490 e. The molecule has 0 radical (unpaired) electrons. The monoisotopic (exact) mass is 388 g/mol. The molecule has 2 aliphatic carbocycles. The van der Waals surface area contributed by atoms with E-state index in [4.69, 9.17) is 10.1 Å². The van der Waals surface area contributed by atoms with Gasteiger partial charge in [0.05, 0.1) is 11.5 Å². The molecule has 0 amide bonds. The summed E-state index contributed by atoms with van der Waals surface area (Å²) in [5.74, 6) is 1.09. The van der Waals surface area contributed by atoms with Crippen LogP contribution in [0, 0.1) is 12.3 Å². The second-order valence-electron chi connectivity index (χ2n) is 8.19. The van der Waals surface area contributed by atoms with E-state index >= 15 is 0 Å². The number of rotatable bonds is 8. The summed E-state index contributed by atoms with van der Waals surface area (Å²) in [7, 11) is 0. The Bertz CT molecular complexity index is 954. The third-order valence-corrected chi connectivity index (χ3v) is 6.19. The summed E-state index contributed by atoms with van der Waals surface area (Å²) in [6, 6.07) is 14.1. The summed E-state index contributed by atoms with van der Waals surface area (Å²) >= 11 is 0. The molecule has 2 aliphatic rings. The first-order valence-electron chi connectivity index (χ1n) is 10.4. The fraction of sp³-hybridized carbons (Fsp3) is 0.360. The van der Waals surface area contributed by atoms with Crippen molar-refractivity contribution >= 4 is 23.4 Å². The van der Waals surface area contributed by atoms with Crippen LogP contribution in [0.15, 0.2) is 48.5 Å². The van der Waals surface area contributed by atoms with E-state index in [1.165, 1.54) is 6.21 Å². The number of ether oxygens (including phenoxy) is 1. The first kappa shape index (κ1) is 19.4. The molecule has 2 aromatic carbocycles. The quantitative estimate of drug-likeness (QED) is 0.575. The molecule has 0 aromatic heterocycles. The molecule has 2 aromatic rings. The third-order valence-electron chi connectivity index (χ3n) is 6.19. The Hall–Kier alpha value is -2.88. The summed E-state index contributed by atoms with van der Waals surface area (Å²) < 4.78 is 6.24. The van der Waals surface area contributed by atoms with E-state index in [9.17, 15) is 4.79 Å². The fourth-order valence-electron chi connectivity index (χ4n) is 4.14. The van der Waals surface area contributed by atoms with Gasteiger partial charge in [0.15, 0.2) is 0 Å². The highest BCUT2D eigenvalue weighted by molar-refractivity contribution is 5.92. The van der Waals surface area contributed by atoms with E-state index in [2.05, 4.69) is 24.4 Å². The summed E-state index contributed by atoms with van der Waals surface area (Å²) in [4.78, 5) is 12.6. The summed E-state index contributed by atoms with van der Waals surface area (Å²) in [5, 5.41) is 11.1. The molecule has 0 saturated heterocycles. The summed E-state index contributed by atoms with van der Waals surface area (Å²) in [6.45, 7) is 3.79. The van der Waals surface area contributed by atoms with Crippen LogP contribution in [0.4, 0.5) is 5.69 Å². The molecule has 2 fully saturated rings. The van der Waals surface area contributed by atoms with Gasteiger partial charge in [-0.2, -0.15) is 0 Å². The zero-order chi connectivity index (χ0) is 20.4. The van der Waals surface area contributed by atoms with Gasteiger partial charge in [-0.15, -0.1) is 0 Å². The molecule has 2 saturated carbocycles. The first-order chi connectivity index (χ1) is 14.0. The van der Waals surface area contributed by atoms with E-state index < -0.39 is 5.41 Å². The van der Waals surface area contributed by atoms with Crippen LogP contribution in [0.2, 0.25) is 0 Å². The normalized spacial score (nSPS) is 17.9. The highest BCUT2D eigenvalue weighted by Gasteiger charge is 2.44. The van der Waals surface area contributed by atoms with Gasteiger partial charge >= 0.3 is 0 Å². The first-order valence-corrected chi connectivity index (χ1v) is 10.4. The number of benzene rings is 2. The van der Waals surface area contributed by atoms with Gasteiger partial charge in [-0.3, -0.25) is 4.79 Å². The maximum atomic E-state index is 12.6. The lowest BCUT2D eigenvalue weighted by Crippen LogP contribution is -2.41. The van der Waals surface area contributed by atoms with Gasteiger partial charge in [-0.05, 0) is 81.0 Å². The van der Waals surface area contributed by atoms with Crippen LogP contribution >= 0.6 is 0 Å². The Balaban J connectivity index is 1.80. The summed E-state index contributed by atoms with van der Waals surface area (Å²) in [5.41, 5.74) is 4.48. The molecule has 0 atom stereocenters. The smallest absolute Gasteiger partial charge is 0.140 e. The van der Waals surface area contributed by atoms with Gasteiger partial charge in [-0.25, -0.2) is 0 Å². The Morgan fingerprint density at radius 2 is 1.93 bits per heavy atom. The second-order valence-corrected chi connectivity index (χ2v) is 8.19. The zero-order valence-corrected chi connectivity index (χ0v) is 17.1. The van der Waals surface area contributed by atoms with E-state index in [1.54, 1.807) is 13.0 Å². The minimum absolute atomic E-state index is 0.231. The van der Waals surface area contributed by atoms with E-state index in [0.717, 1.165) is 65.9 Å². The molecular weight excluding hydrogens is 360 g/mol. The second kappa shape index (κ2) is 7.86. The number of hydrogen-bond donors (Lipinski definition) is 2. The van der Waals surface area contributed by atoms with Crippen molar-refractivity contribution in [3.05, 3.63) is 65.2 Å². The highest BCUT2D eigenvalue weighted by Crippen LogP contribution is 2.48. The average Bonchev–Trinajstić information content (AvgIpc) is 3.48. The Morgan fingerprint density at radius 3 is 2.48 bits per heavy atom. The number of ketones is 1. The SMILES string of the molecule is CC(=O)C1(c2cc(/C(=C/C=N)Nc3ccccc3)cc(OC3CC3)c2C)CCC1. The van der Waals surface area contributed by atoms with Crippen molar-refractivity contribution in [2.75, 3.05) is 5.32 Å². The fourth-order valence-corrected chi connectivity index (χ4v) is 4.14. The number of anilines is 1. The maximum absolute atomic E-state index is 12.6. The van der Waals surface area contributed by atoms with Gasteiger partial charge in [0, 0.05) is 23.2 Å². The van der Waals surface area contributed by atoms with E-state index in [1.807, 2.05) is 30.3 Å². The molecule has 4 nitrogen and oxygen atoms in total. The lowest BCUT2D eigenvalue weighted by Gasteiger charge is -2.41. The van der Waals surface area contributed by atoms with Crippen LogP contribution in [-0.4, -0.2) is 18.1 Å². The molecule has 150 valence electrons. The third kappa shape index (κ3) is 3.84. The van der Waals surface area contributed by atoms with Gasteiger partial charge in [0.1, 0.15) is 11.5 Å². The van der Waals surface area contributed by atoms with Crippen molar-refractivity contribution in [1.29, 1.82) is 5.41 Å². The van der Waals surface area contributed by atoms with Crippen LogP contribution in [0.5, 0.6) is 5.75 Å². The molecule has 4 rings (SSSR count). The minimum atomic E-state index is -0.399. The van der Waals surface area contributed by atoms with Crippen LogP contribution in [0.3, 0.4) is 0 Å². The van der Waals surface area contributed by atoms with Crippen LogP contribution in [-0.2, 0) is 10.2 Å². The maximum Gasteiger partial charge on any atom is 0.140 e. The lowest BCUT2D eigenvalue weighted by molar-refractivity contribution is -0.125. The molecule has 0 spiro atoms. The number of para-hydroxylation sites is 1. The lowest BCUT2D eigenvalue weighted by atomic mass is 9.61. The van der Waals surface area contributed by atoms with Crippen LogP contribution in [0.25, 0.3) is 5.70 Å². The minimum Gasteiger partial charge on any atom is -0.490 e. The topological polar surface area (TPSA) is 62.2 Å². The number of nitrogens with one attached hydrogen (secondary N) is 2. The number of Topliss-reactive ketones (excluding diaryl/α,β-unsaturated/α-hetero) is 1. The summed E-state index contributed by atoms with van der Waals surface area (Å²) in [6.07, 6.45) is 8.36. The molecule has 2 N–H and O–H groups in total. The van der Waals surface area contributed by atoms with Crippen molar-refractivity contribution in [2.24, 2.45) is 0 Å². The highest BCUT2D eigenvalue weighted by atomic mass is 16.5. The standard InChI is InChI=1S/C25H28N2O2/c1-17-22(25(18(2)28)12-6-13-25)15-19(16-24(17)29-21-9-10-21)23(11-14-26)27-20-7-4-3-5-8-20/h3-5,7-8,11,14-16,21,26-27H,6,9-10,12-13H2,1-2H3/b23-11-,26-14?. The zero-order valence-electron chi connectivity index (χ0n) is 17.1. The predicted molar refractivity (Wildman–Crippen MR) is 118 cm³/mol. The molecular formula is C25H28N2O2. The van der Waals surface area contributed by atoms with Crippen molar-refractivity contribution in [3.63, 3.8) is 0 Å². The molecule has 4 heteroatoms. The van der Waals surface area contributed by atoms with Gasteiger partial charge < -0.3 is 15.5 Å². The van der Waals surface area contributed by atoms with Crippen LogP contribution < -0.4 is 10.1 Å². The predicted octanol–water partition coefficient (Wildman–Crippen LogP) is 5.65. The number of hydrogen-bond acceptors (Lipinski definition) is 4. The number of carbonyl (C=O) groups excluding carboxylic acids is 1. The van der Waals surface area contributed by atoms with Crippen LogP contribution in [0.1, 0.15) is 55.7 Å². The van der Waals surface area contributed by atoms with Crippen molar-refractivity contribution in [2.45, 2.75) is 57.5 Å². The van der Waals surface area contributed by atoms with Gasteiger partial charge in [0.2, 0.25) is 0 Å². The molecule has 29 heavy (non-hydrogen) atoms. The molecule has 0 aliphatic heterocycles. The van der Waals surface area contributed by atoms with Crippen molar-refractivity contribution in [1.82, 2.24) is 0 Å². The Labute approximate surface area is 172 Å². The molecule has 0 bridgehead atoms. The van der Waals surface area contributed by atoms with E-state index in [0.29, 0.717) is 0 Å². The van der Waals surface area contributed by atoms with Gasteiger partial charge in [-0.1, -0.05) is 24.6 Å². The number of carbonyl (C=O) groups is 1.